The van der Waals surface area contributed by atoms with Crippen molar-refractivity contribution in [1.29, 1.82) is 0 Å². The van der Waals surface area contributed by atoms with Crippen LogP contribution in [-0.4, -0.2) is 24.8 Å². The lowest BCUT2D eigenvalue weighted by Gasteiger charge is -2.08. The molecule has 118 valence electrons. The maximum atomic E-state index is 13.6. The van der Waals surface area contributed by atoms with Gasteiger partial charge in [-0.1, -0.05) is 24.3 Å². The van der Waals surface area contributed by atoms with Crippen molar-refractivity contribution in [2.75, 3.05) is 18.4 Å². The van der Waals surface area contributed by atoms with Gasteiger partial charge in [-0.25, -0.2) is 4.39 Å². The lowest BCUT2D eigenvalue weighted by Crippen LogP contribution is -2.26. The van der Waals surface area contributed by atoms with Gasteiger partial charge < -0.3 is 10.6 Å². The lowest BCUT2D eigenvalue weighted by atomic mass is 10.0. The zero-order chi connectivity index (χ0) is 16.1. The van der Waals surface area contributed by atoms with E-state index >= 15 is 0 Å². The van der Waals surface area contributed by atoms with Crippen molar-refractivity contribution < 1.29 is 9.18 Å². The quantitative estimate of drug-likeness (QED) is 0.835. The summed E-state index contributed by atoms with van der Waals surface area (Å²) in [7, 11) is 0. The molecular weight excluding hydrogens is 293 g/mol. The second kappa shape index (κ2) is 7.05. The Morgan fingerprint density at radius 3 is 2.65 bits per heavy atom. The van der Waals surface area contributed by atoms with Gasteiger partial charge in [0, 0.05) is 18.7 Å². The molecule has 4 nitrogen and oxygen atoms in total. The first kappa shape index (κ1) is 15.2. The predicted molar refractivity (Wildman–Crippen MR) is 89.4 cm³/mol. The summed E-state index contributed by atoms with van der Waals surface area (Å²) >= 11 is 0. The van der Waals surface area contributed by atoms with Crippen LogP contribution in [0.3, 0.4) is 0 Å². The number of hydrogen-bond donors (Lipinski definition) is 2. The number of benzene rings is 2. The summed E-state index contributed by atoms with van der Waals surface area (Å²) < 4.78 is 13.6. The van der Waals surface area contributed by atoms with Gasteiger partial charge in [-0.05, 0) is 36.2 Å². The highest BCUT2D eigenvalue weighted by atomic mass is 19.1. The zero-order valence-corrected chi connectivity index (χ0v) is 12.7. The third kappa shape index (κ3) is 3.94. The van der Waals surface area contributed by atoms with E-state index < -0.39 is 5.82 Å². The number of ketones is 1. The highest BCUT2D eigenvalue weighted by molar-refractivity contribution is 5.96. The fourth-order valence-electron chi connectivity index (χ4n) is 2.45. The molecule has 0 atom stereocenters. The van der Waals surface area contributed by atoms with Crippen LogP contribution in [0.25, 0.3) is 0 Å². The Bertz CT molecular complexity index is 725. The topological polar surface area (TPSA) is 53.5 Å². The van der Waals surface area contributed by atoms with Crippen molar-refractivity contribution in [3.8, 4) is 0 Å². The summed E-state index contributed by atoms with van der Waals surface area (Å²) in [5, 5.41) is 6.33. The summed E-state index contributed by atoms with van der Waals surface area (Å²) in [6.45, 7) is 1.65. The van der Waals surface area contributed by atoms with Crippen LogP contribution in [0.5, 0.6) is 0 Å². The van der Waals surface area contributed by atoms with Crippen LogP contribution in [0, 0.1) is 5.82 Å². The molecule has 0 spiro atoms. The number of carbonyl (C=O) groups excluding carboxylic acids is 1. The van der Waals surface area contributed by atoms with Crippen molar-refractivity contribution in [3.05, 3.63) is 65.5 Å². The Morgan fingerprint density at radius 2 is 1.96 bits per heavy atom. The molecular formula is C18H18FN3O. The molecule has 2 N–H and O–H groups in total. The number of nitrogens with one attached hydrogen (secondary N) is 2. The van der Waals surface area contributed by atoms with E-state index in [-0.39, 0.29) is 11.3 Å². The van der Waals surface area contributed by atoms with Crippen LogP contribution >= 0.6 is 0 Å². The lowest BCUT2D eigenvalue weighted by molar-refractivity contribution is 0.0979. The van der Waals surface area contributed by atoms with E-state index in [1.54, 1.807) is 12.1 Å². The monoisotopic (exact) mass is 311 g/mol. The van der Waals surface area contributed by atoms with E-state index in [4.69, 9.17) is 0 Å². The van der Waals surface area contributed by atoms with Gasteiger partial charge in [0.1, 0.15) is 5.82 Å². The van der Waals surface area contributed by atoms with E-state index in [2.05, 4.69) is 15.6 Å². The smallest absolute Gasteiger partial charge is 0.195 e. The number of nitrogens with zero attached hydrogens (tertiary/aromatic N) is 1. The van der Waals surface area contributed by atoms with Crippen molar-refractivity contribution >= 4 is 17.4 Å². The van der Waals surface area contributed by atoms with E-state index in [0.717, 1.165) is 30.3 Å². The number of guanidine groups is 1. The summed E-state index contributed by atoms with van der Waals surface area (Å²) in [6, 6.07) is 13.9. The minimum atomic E-state index is -0.457. The van der Waals surface area contributed by atoms with E-state index in [1.165, 1.54) is 12.1 Å². The highest BCUT2D eigenvalue weighted by Gasteiger charge is 2.11. The number of anilines is 1. The third-order valence-electron chi connectivity index (χ3n) is 3.71. The van der Waals surface area contributed by atoms with Crippen LogP contribution in [0.4, 0.5) is 10.1 Å². The molecule has 0 saturated carbocycles. The molecule has 1 aliphatic heterocycles. The molecule has 1 heterocycles. The van der Waals surface area contributed by atoms with Gasteiger partial charge in [0.05, 0.1) is 12.1 Å². The van der Waals surface area contributed by atoms with E-state index in [9.17, 15) is 9.18 Å². The molecule has 0 aliphatic carbocycles. The molecule has 2 aromatic rings. The number of carbonyl (C=O) groups is 1. The molecule has 1 aliphatic rings. The predicted octanol–water partition coefficient (Wildman–Crippen LogP) is 3.01. The van der Waals surface area contributed by atoms with Crippen LogP contribution in [-0.2, 0) is 6.42 Å². The number of aryl methyl sites for hydroxylation is 1. The highest BCUT2D eigenvalue weighted by Crippen LogP contribution is 2.14. The maximum absolute atomic E-state index is 13.6. The van der Waals surface area contributed by atoms with Gasteiger partial charge in [0.25, 0.3) is 0 Å². The normalized spacial score (nSPS) is 13.3. The first-order valence-corrected chi connectivity index (χ1v) is 7.64. The largest absolute Gasteiger partial charge is 0.354 e. The summed E-state index contributed by atoms with van der Waals surface area (Å²) in [6.07, 6.45) is 0.884. The Hall–Kier alpha value is -2.69. The van der Waals surface area contributed by atoms with E-state index in [0.29, 0.717) is 12.8 Å². The third-order valence-corrected chi connectivity index (χ3v) is 3.71. The SMILES string of the molecule is O=C(CCc1ccc(NC2=NCCN2)cc1)c1ccccc1F. The molecule has 5 heteroatoms. The van der Waals surface area contributed by atoms with Crippen LogP contribution in [0.15, 0.2) is 53.5 Å². The molecule has 3 rings (SSSR count). The zero-order valence-electron chi connectivity index (χ0n) is 12.7. The number of hydrogen-bond acceptors (Lipinski definition) is 4. The maximum Gasteiger partial charge on any atom is 0.195 e. The minimum absolute atomic E-state index is 0.163. The van der Waals surface area contributed by atoms with Crippen molar-refractivity contribution in [2.24, 2.45) is 4.99 Å². The van der Waals surface area contributed by atoms with Gasteiger partial charge in [-0.2, -0.15) is 0 Å². The molecule has 2 aromatic carbocycles. The molecule has 23 heavy (non-hydrogen) atoms. The Morgan fingerprint density at radius 1 is 1.17 bits per heavy atom. The van der Waals surface area contributed by atoms with Crippen molar-refractivity contribution in [2.45, 2.75) is 12.8 Å². The standard InChI is InChI=1S/C18H18FN3O/c19-16-4-2-1-3-15(16)17(23)10-7-13-5-8-14(9-6-13)22-18-20-11-12-21-18/h1-6,8-9H,7,10-12H2,(H2,20,21,22). The van der Waals surface area contributed by atoms with Gasteiger partial charge >= 0.3 is 0 Å². The number of Topliss-reactive ketones (excluding diaryl/α,β-unsaturated/α-hetero) is 1. The fraction of sp³-hybridized carbons (Fsp3) is 0.222. The van der Waals surface area contributed by atoms with Gasteiger partial charge in [-0.3, -0.25) is 9.79 Å². The van der Waals surface area contributed by atoms with Crippen molar-refractivity contribution in [1.82, 2.24) is 5.32 Å². The molecule has 0 aromatic heterocycles. The van der Waals surface area contributed by atoms with Crippen LogP contribution in [0.2, 0.25) is 0 Å². The Labute approximate surface area is 134 Å². The number of rotatable bonds is 5. The van der Waals surface area contributed by atoms with Crippen LogP contribution in [0.1, 0.15) is 22.3 Å². The number of aliphatic imine (C=N–C) groups is 1. The minimum Gasteiger partial charge on any atom is -0.354 e. The average Bonchev–Trinajstić information content (AvgIpc) is 3.07. The molecule has 0 saturated heterocycles. The Kier molecular flexibility index (Phi) is 4.66. The molecule has 0 amide bonds. The summed E-state index contributed by atoms with van der Waals surface area (Å²) in [4.78, 5) is 16.3. The van der Waals surface area contributed by atoms with Crippen LogP contribution < -0.4 is 10.6 Å². The molecule has 0 bridgehead atoms. The van der Waals surface area contributed by atoms with Gasteiger partial charge in [-0.15, -0.1) is 0 Å². The fourth-order valence-corrected chi connectivity index (χ4v) is 2.45. The average molecular weight is 311 g/mol. The van der Waals surface area contributed by atoms with E-state index in [1.807, 2.05) is 24.3 Å². The summed E-state index contributed by atoms with van der Waals surface area (Å²) in [5.74, 6) is 0.157. The summed E-state index contributed by atoms with van der Waals surface area (Å²) in [5.41, 5.74) is 2.15. The first-order valence-electron chi connectivity index (χ1n) is 7.64. The Balaban J connectivity index is 1.56. The first-order chi connectivity index (χ1) is 11.2. The van der Waals surface area contributed by atoms with Gasteiger partial charge in [0.2, 0.25) is 0 Å². The number of halogens is 1. The second-order valence-corrected chi connectivity index (χ2v) is 5.38. The van der Waals surface area contributed by atoms with Crippen molar-refractivity contribution in [3.63, 3.8) is 0 Å². The van der Waals surface area contributed by atoms with Gasteiger partial charge in [0.15, 0.2) is 11.7 Å². The molecule has 0 radical (unpaired) electrons. The second-order valence-electron chi connectivity index (χ2n) is 5.38. The molecule has 0 fully saturated rings. The molecule has 0 unspecified atom stereocenters.